The van der Waals surface area contributed by atoms with Crippen molar-refractivity contribution < 1.29 is 17.9 Å². The number of thiazole rings is 1. The van der Waals surface area contributed by atoms with Crippen LogP contribution >= 0.6 is 11.3 Å². The lowest BCUT2D eigenvalue weighted by atomic mass is 9.86. The Labute approximate surface area is 175 Å². The van der Waals surface area contributed by atoms with Crippen molar-refractivity contribution in [1.82, 2.24) is 9.88 Å². The number of fused-ring (bicyclic) bond motifs is 1. The molecule has 0 aliphatic heterocycles. The Morgan fingerprint density at radius 2 is 2.03 bits per heavy atom. The molecule has 1 aliphatic carbocycles. The van der Waals surface area contributed by atoms with Gasteiger partial charge in [-0.2, -0.15) is 0 Å². The molecule has 158 valence electrons. The van der Waals surface area contributed by atoms with Crippen LogP contribution in [0.2, 0.25) is 0 Å². The average molecular weight is 439 g/mol. The van der Waals surface area contributed by atoms with E-state index in [1.807, 2.05) is 14.1 Å². The number of nitrogens with zero attached hydrogens (tertiary/aromatic N) is 2. The van der Waals surface area contributed by atoms with Crippen molar-refractivity contribution in [1.29, 1.82) is 0 Å². The van der Waals surface area contributed by atoms with Crippen LogP contribution in [0.25, 0.3) is 0 Å². The Morgan fingerprint density at radius 3 is 2.66 bits per heavy atom. The number of hydrogen-bond acceptors (Lipinski definition) is 7. The first-order chi connectivity index (χ1) is 13.6. The number of hydrogen-bond donors (Lipinski definition) is 2. The lowest BCUT2D eigenvalue weighted by Crippen LogP contribution is -2.34. The molecule has 1 aliphatic rings. The topological polar surface area (TPSA) is 101 Å². The third kappa shape index (κ3) is 4.54. The van der Waals surface area contributed by atoms with Gasteiger partial charge in [0.05, 0.1) is 18.5 Å². The highest BCUT2D eigenvalue weighted by molar-refractivity contribution is 7.94. The smallest absolute Gasteiger partial charge is 0.273 e. The SMILES string of the molecule is COc1ccc(NS(=O)(=O)c2sc(NC(C)=O)nc2C)c2c1C[C@@H](N(C)C)CC2. The molecule has 0 unspecified atom stereocenters. The maximum absolute atomic E-state index is 13.0. The second kappa shape index (κ2) is 8.29. The van der Waals surface area contributed by atoms with E-state index in [-0.39, 0.29) is 15.2 Å². The summed E-state index contributed by atoms with van der Waals surface area (Å²) in [5, 5.41) is 2.80. The largest absolute Gasteiger partial charge is 0.496 e. The minimum absolute atomic E-state index is 0.0906. The molecule has 10 heteroatoms. The first-order valence-corrected chi connectivity index (χ1v) is 11.6. The van der Waals surface area contributed by atoms with E-state index in [0.717, 1.165) is 47.5 Å². The Bertz CT molecular complexity index is 1030. The number of methoxy groups -OCH3 is 1. The van der Waals surface area contributed by atoms with E-state index in [0.29, 0.717) is 17.4 Å². The number of anilines is 2. The summed E-state index contributed by atoms with van der Waals surface area (Å²) >= 11 is 0.938. The predicted octanol–water partition coefficient (Wildman–Crippen LogP) is 2.64. The van der Waals surface area contributed by atoms with E-state index in [1.165, 1.54) is 6.92 Å². The van der Waals surface area contributed by atoms with Gasteiger partial charge in [-0.15, -0.1) is 0 Å². The van der Waals surface area contributed by atoms with E-state index >= 15 is 0 Å². The maximum atomic E-state index is 13.0. The van der Waals surface area contributed by atoms with E-state index in [4.69, 9.17) is 4.74 Å². The van der Waals surface area contributed by atoms with Gasteiger partial charge in [-0.05, 0) is 58.0 Å². The Morgan fingerprint density at radius 1 is 1.31 bits per heavy atom. The fraction of sp³-hybridized carbons (Fsp3) is 0.474. The van der Waals surface area contributed by atoms with Crippen molar-refractivity contribution in [3.05, 3.63) is 29.0 Å². The zero-order valence-electron chi connectivity index (χ0n) is 17.2. The first-order valence-electron chi connectivity index (χ1n) is 9.25. The Kier molecular flexibility index (Phi) is 6.16. The number of likely N-dealkylation sites (N-methyl/N-ethyl adjacent to an activating group) is 1. The van der Waals surface area contributed by atoms with E-state index in [2.05, 4.69) is 19.9 Å². The van der Waals surface area contributed by atoms with Gasteiger partial charge >= 0.3 is 0 Å². The van der Waals surface area contributed by atoms with Gasteiger partial charge in [0.1, 0.15) is 5.75 Å². The monoisotopic (exact) mass is 438 g/mol. The molecule has 1 heterocycles. The van der Waals surface area contributed by atoms with Gasteiger partial charge in [0, 0.05) is 18.5 Å². The Hall–Kier alpha value is -2.17. The normalized spacial score (nSPS) is 16.4. The zero-order valence-corrected chi connectivity index (χ0v) is 18.8. The van der Waals surface area contributed by atoms with Gasteiger partial charge in [-0.1, -0.05) is 11.3 Å². The second-order valence-corrected chi connectivity index (χ2v) is 10.2. The quantitative estimate of drug-likeness (QED) is 0.719. The molecule has 2 N–H and O–H groups in total. The van der Waals surface area contributed by atoms with Crippen molar-refractivity contribution in [2.75, 3.05) is 31.2 Å². The van der Waals surface area contributed by atoms with Crippen molar-refractivity contribution >= 4 is 38.1 Å². The lowest BCUT2D eigenvalue weighted by molar-refractivity contribution is -0.114. The van der Waals surface area contributed by atoms with Gasteiger partial charge in [0.2, 0.25) is 5.91 Å². The van der Waals surface area contributed by atoms with Crippen LogP contribution in [0.15, 0.2) is 16.3 Å². The molecule has 29 heavy (non-hydrogen) atoms. The molecule has 3 rings (SSSR count). The molecule has 0 bridgehead atoms. The van der Waals surface area contributed by atoms with Crippen LogP contribution in [0.3, 0.4) is 0 Å². The van der Waals surface area contributed by atoms with Gasteiger partial charge in [0.25, 0.3) is 10.0 Å². The molecular weight excluding hydrogens is 412 g/mol. The van der Waals surface area contributed by atoms with E-state index in [1.54, 1.807) is 26.2 Å². The van der Waals surface area contributed by atoms with Crippen molar-refractivity contribution in [3.8, 4) is 5.75 Å². The molecule has 1 amide bonds. The average Bonchev–Trinajstić information content (AvgIpc) is 3.01. The fourth-order valence-corrected chi connectivity index (χ4v) is 6.14. The minimum Gasteiger partial charge on any atom is -0.496 e. The van der Waals surface area contributed by atoms with E-state index < -0.39 is 10.0 Å². The Balaban J connectivity index is 1.95. The highest BCUT2D eigenvalue weighted by Crippen LogP contribution is 2.37. The van der Waals surface area contributed by atoms with Crippen LogP contribution in [0.4, 0.5) is 10.8 Å². The summed E-state index contributed by atoms with van der Waals surface area (Å²) in [6.07, 6.45) is 2.49. The summed E-state index contributed by atoms with van der Waals surface area (Å²) in [6, 6.07) is 3.93. The summed E-state index contributed by atoms with van der Waals surface area (Å²) in [5.74, 6) is 0.478. The third-order valence-corrected chi connectivity index (χ3v) is 8.08. The van der Waals surface area contributed by atoms with Gasteiger partial charge in [-0.25, -0.2) is 13.4 Å². The highest BCUT2D eigenvalue weighted by atomic mass is 32.2. The number of benzene rings is 1. The van der Waals surface area contributed by atoms with Crippen LogP contribution < -0.4 is 14.8 Å². The number of rotatable bonds is 6. The van der Waals surface area contributed by atoms with Crippen LogP contribution in [-0.4, -0.2) is 51.5 Å². The minimum atomic E-state index is -3.84. The maximum Gasteiger partial charge on any atom is 0.273 e. The van der Waals surface area contributed by atoms with Gasteiger partial charge in [0.15, 0.2) is 9.34 Å². The molecule has 1 aromatic carbocycles. The molecule has 2 aromatic rings. The van der Waals surface area contributed by atoms with Gasteiger partial charge in [-0.3, -0.25) is 9.52 Å². The molecule has 0 saturated heterocycles. The lowest BCUT2D eigenvalue weighted by Gasteiger charge is -2.32. The number of sulfonamides is 1. The summed E-state index contributed by atoms with van der Waals surface area (Å²) in [5.41, 5.74) is 2.92. The second-order valence-electron chi connectivity index (χ2n) is 7.31. The van der Waals surface area contributed by atoms with Crippen LogP contribution in [0.1, 0.15) is 30.2 Å². The molecule has 0 saturated carbocycles. The predicted molar refractivity (Wildman–Crippen MR) is 114 cm³/mol. The number of amides is 1. The molecule has 0 spiro atoms. The van der Waals surface area contributed by atoms with Crippen molar-refractivity contribution in [2.45, 2.75) is 43.4 Å². The van der Waals surface area contributed by atoms with Crippen LogP contribution in [0, 0.1) is 6.92 Å². The summed E-state index contributed by atoms with van der Waals surface area (Å²) in [7, 11) is 1.89. The summed E-state index contributed by atoms with van der Waals surface area (Å²) in [4.78, 5) is 17.6. The number of aryl methyl sites for hydroxylation is 1. The van der Waals surface area contributed by atoms with Crippen molar-refractivity contribution in [2.24, 2.45) is 0 Å². The number of carbonyl (C=O) groups excluding carboxylic acids is 1. The molecule has 1 atom stereocenters. The first kappa shape index (κ1) is 21.5. The highest BCUT2D eigenvalue weighted by Gasteiger charge is 2.28. The van der Waals surface area contributed by atoms with E-state index in [9.17, 15) is 13.2 Å². The summed E-state index contributed by atoms with van der Waals surface area (Å²) in [6.45, 7) is 2.97. The fourth-order valence-electron chi connectivity index (χ4n) is 3.58. The molecule has 1 aromatic heterocycles. The molecule has 8 nitrogen and oxygen atoms in total. The van der Waals surface area contributed by atoms with Gasteiger partial charge < -0.3 is 15.0 Å². The van der Waals surface area contributed by atoms with Crippen LogP contribution in [0.5, 0.6) is 5.75 Å². The number of carbonyl (C=O) groups is 1. The molecular formula is C19H26N4O4S2. The third-order valence-electron chi connectivity index (χ3n) is 5.03. The number of nitrogens with one attached hydrogen (secondary N) is 2. The molecule has 0 radical (unpaired) electrons. The molecule has 0 fully saturated rings. The van der Waals surface area contributed by atoms with Crippen LogP contribution in [-0.2, 0) is 27.7 Å². The zero-order chi connectivity index (χ0) is 21.3. The van der Waals surface area contributed by atoms with Crippen molar-refractivity contribution in [3.63, 3.8) is 0 Å². The number of ether oxygens (including phenoxy) is 1. The summed E-state index contributed by atoms with van der Waals surface area (Å²) < 4.78 is 34.4. The number of aromatic nitrogens is 1. The standard InChI is InChI=1S/C19H26N4O4S2/c1-11-18(28-19(20-11)21-12(2)24)29(25,26)22-16-8-9-17(27-5)15-10-13(23(3)4)6-7-14(15)16/h8-9,13,22H,6-7,10H2,1-5H3,(H,20,21,24)/t13-/m0/s1.